The second-order valence-corrected chi connectivity index (χ2v) is 4.48. The van der Waals surface area contributed by atoms with Gasteiger partial charge in [-0.15, -0.1) is 0 Å². The largest absolute Gasteiger partial charge is 0.451 e. The molecule has 114 valence electrons. The Morgan fingerprint density at radius 3 is 2.10 bits per heavy atom. The molecule has 0 radical (unpaired) electrons. The zero-order valence-electron chi connectivity index (χ0n) is 11.7. The molecule has 0 amide bonds. The van der Waals surface area contributed by atoms with Crippen molar-refractivity contribution >= 4 is 11.6 Å². The highest BCUT2D eigenvalue weighted by Crippen LogP contribution is 2.29. The maximum absolute atomic E-state index is 12.7. The van der Waals surface area contributed by atoms with E-state index in [0.29, 0.717) is 12.8 Å². The van der Waals surface area contributed by atoms with Gasteiger partial charge in [-0.3, -0.25) is 0 Å². The van der Waals surface area contributed by atoms with Gasteiger partial charge in [-0.1, -0.05) is 13.8 Å². The van der Waals surface area contributed by atoms with Crippen molar-refractivity contribution in [1.82, 2.24) is 9.97 Å². The van der Waals surface area contributed by atoms with Gasteiger partial charge in [0.15, 0.2) is 0 Å². The maximum Gasteiger partial charge on any atom is 0.451 e. The lowest BCUT2D eigenvalue weighted by Gasteiger charge is -2.31. The van der Waals surface area contributed by atoms with Crippen LogP contribution in [0.4, 0.5) is 24.8 Å². The van der Waals surface area contributed by atoms with Crippen molar-refractivity contribution in [3.63, 3.8) is 0 Å². The highest BCUT2D eigenvalue weighted by molar-refractivity contribution is 5.49. The minimum absolute atomic E-state index is 0.0365. The lowest BCUT2D eigenvalue weighted by atomic mass is 9.94. The minimum Gasteiger partial charge on any atom is -0.394 e. The van der Waals surface area contributed by atoms with Crippen LogP contribution in [0.5, 0.6) is 0 Å². The molecule has 0 aliphatic carbocycles. The van der Waals surface area contributed by atoms with Crippen molar-refractivity contribution in [1.29, 1.82) is 0 Å². The van der Waals surface area contributed by atoms with Gasteiger partial charge in [0.25, 0.3) is 0 Å². The van der Waals surface area contributed by atoms with Crippen LogP contribution in [0.1, 0.15) is 32.5 Å². The number of halogens is 3. The molecule has 0 aliphatic heterocycles. The Hall–Kier alpha value is -1.57. The molecule has 20 heavy (non-hydrogen) atoms. The van der Waals surface area contributed by atoms with Crippen molar-refractivity contribution in [3.05, 3.63) is 11.9 Å². The molecule has 0 bridgehead atoms. The summed E-state index contributed by atoms with van der Waals surface area (Å²) in [6, 6.07) is 1.38. The van der Waals surface area contributed by atoms with E-state index in [2.05, 4.69) is 20.6 Å². The van der Waals surface area contributed by atoms with Crippen LogP contribution in [0.3, 0.4) is 0 Å². The van der Waals surface area contributed by atoms with Gasteiger partial charge >= 0.3 is 6.18 Å². The Labute approximate surface area is 115 Å². The molecular formula is C12H19F3N4O. The number of aliphatic hydroxyl groups excluding tert-OH is 1. The fraction of sp³-hybridized carbons (Fsp3) is 0.667. The standard InChI is InChI=1S/C12H19F3N4O/c1-4-11(5-2,7-20)19-9-6-8(16-3)17-10(18-9)12(13,14)15/h6,20H,4-5,7H2,1-3H3,(H2,16,17,18,19). The quantitative estimate of drug-likeness (QED) is 0.751. The van der Waals surface area contributed by atoms with E-state index in [9.17, 15) is 18.3 Å². The molecule has 3 N–H and O–H groups in total. The first kappa shape index (κ1) is 16.5. The van der Waals surface area contributed by atoms with Gasteiger partial charge in [-0.25, -0.2) is 9.97 Å². The lowest BCUT2D eigenvalue weighted by Crippen LogP contribution is -2.41. The van der Waals surface area contributed by atoms with Gasteiger partial charge in [0.1, 0.15) is 11.6 Å². The third kappa shape index (κ3) is 3.72. The third-order valence-electron chi connectivity index (χ3n) is 3.29. The summed E-state index contributed by atoms with van der Waals surface area (Å²) in [5.74, 6) is -1.12. The summed E-state index contributed by atoms with van der Waals surface area (Å²) in [7, 11) is 1.48. The Bertz CT molecular complexity index is 439. The number of nitrogens with one attached hydrogen (secondary N) is 2. The number of aliphatic hydroxyl groups is 1. The highest BCUT2D eigenvalue weighted by atomic mass is 19.4. The summed E-state index contributed by atoms with van der Waals surface area (Å²) in [5.41, 5.74) is -0.692. The van der Waals surface area contributed by atoms with Crippen LogP contribution >= 0.6 is 0 Å². The van der Waals surface area contributed by atoms with Crippen LogP contribution in [0, 0.1) is 0 Å². The molecule has 0 saturated heterocycles. The van der Waals surface area contributed by atoms with Gasteiger partial charge in [0.05, 0.1) is 12.1 Å². The summed E-state index contributed by atoms with van der Waals surface area (Å²) < 4.78 is 38.2. The molecule has 1 aromatic rings. The zero-order valence-corrected chi connectivity index (χ0v) is 11.7. The van der Waals surface area contributed by atoms with E-state index in [4.69, 9.17) is 0 Å². The molecule has 0 aliphatic rings. The lowest BCUT2D eigenvalue weighted by molar-refractivity contribution is -0.144. The van der Waals surface area contributed by atoms with Gasteiger partial charge in [0.2, 0.25) is 5.82 Å². The van der Waals surface area contributed by atoms with Crippen molar-refractivity contribution in [2.45, 2.75) is 38.4 Å². The van der Waals surface area contributed by atoms with E-state index >= 15 is 0 Å². The van der Waals surface area contributed by atoms with Crippen molar-refractivity contribution in [2.75, 3.05) is 24.3 Å². The molecule has 0 spiro atoms. The van der Waals surface area contributed by atoms with Crippen LogP contribution in [0.15, 0.2) is 6.07 Å². The fourth-order valence-electron chi connectivity index (χ4n) is 1.73. The molecule has 0 saturated carbocycles. The summed E-state index contributed by atoms with van der Waals surface area (Å²) in [6.07, 6.45) is -3.51. The summed E-state index contributed by atoms with van der Waals surface area (Å²) >= 11 is 0. The number of nitrogens with zero attached hydrogens (tertiary/aromatic N) is 2. The first-order valence-corrected chi connectivity index (χ1v) is 6.33. The summed E-state index contributed by atoms with van der Waals surface area (Å²) in [6.45, 7) is 3.50. The third-order valence-corrected chi connectivity index (χ3v) is 3.29. The van der Waals surface area contributed by atoms with E-state index < -0.39 is 17.5 Å². The number of anilines is 2. The zero-order chi connectivity index (χ0) is 15.4. The maximum atomic E-state index is 12.7. The Kier molecular flexibility index (Phi) is 5.15. The number of hydrogen-bond acceptors (Lipinski definition) is 5. The van der Waals surface area contributed by atoms with E-state index in [1.807, 2.05) is 13.8 Å². The first-order chi connectivity index (χ1) is 9.30. The van der Waals surface area contributed by atoms with E-state index in [1.54, 1.807) is 0 Å². The summed E-state index contributed by atoms with van der Waals surface area (Å²) in [5, 5.41) is 14.9. The smallest absolute Gasteiger partial charge is 0.394 e. The Balaban J connectivity index is 3.18. The second kappa shape index (κ2) is 6.25. The average molecular weight is 292 g/mol. The van der Waals surface area contributed by atoms with Crippen molar-refractivity contribution in [3.8, 4) is 0 Å². The molecular weight excluding hydrogens is 273 g/mol. The van der Waals surface area contributed by atoms with Crippen LogP contribution in [-0.2, 0) is 6.18 Å². The molecule has 1 rings (SSSR count). The highest BCUT2D eigenvalue weighted by Gasteiger charge is 2.36. The summed E-state index contributed by atoms with van der Waals surface area (Å²) in [4.78, 5) is 6.86. The average Bonchev–Trinajstić information content (AvgIpc) is 2.43. The molecule has 1 aromatic heterocycles. The van der Waals surface area contributed by atoms with Gasteiger partial charge < -0.3 is 15.7 Å². The fourth-order valence-corrected chi connectivity index (χ4v) is 1.73. The monoisotopic (exact) mass is 292 g/mol. The first-order valence-electron chi connectivity index (χ1n) is 6.33. The Morgan fingerprint density at radius 2 is 1.70 bits per heavy atom. The van der Waals surface area contributed by atoms with E-state index in [1.165, 1.54) is 13.1 Å². The minimum atomic E-state index is -4.62. The molecule has 5 nitrogen and oxygen atoms in total. The van der Waals surface area contributed by atoms with Crippen LogP contribution in [-0.4, -0.2) is 34.3 Å². The number of aromatic nitrogens is 2. The SMILES string of the molecule is CCC(CC)(CO)Nc1cc(NC)nc(C(F)(F)F)n1. The second-order valence-electron chi connectivity index (χ2n) is 4.48. The molecule has 0 aromatic carbocycles. The van der Waals surface area contributed by atoms with Gasteiger partial charge in [-0.2, -0.15) is 13.2 Å². The van der Waals surface area contributed by atoms with E-state index in [-0.39, 0.29) is 18.2 Å². The van der Waals surface area contributed by atoms with Crippen molar-refractivity contribution < 1.29 is 18.3 Å². The van der Waals surface area contributed by atoms with Crippen LogP contribution in [0.25, 0.3) is 0 Å². The predicted molar refractivity (Wildman–Crippen MR) is 70.6 cm³/mol. The Morgan fingerprint density at radius 1 is 1.15 bits per heavy atom. The molecule has 0 atom stereocenters. The molecule has 0 fully saturated rings. The van der Waals surface area contributed by atoms with Gasteiger partial charge in [-0.05, 0) is 12.8 Å². The molecule has 1 heterocycles. The predicted octanol–water partition coefficient (Wildman–Crippen LogP) is 2.50. The number of alkyl halides is 3. The van der Waals surface area contributed by atoms with E-state index in [0.717, 1.165) is 0 Å². The number of rotatable bonds is 6. The van der Waals surface area contributed by atoms with Crippen LogP contribution in [0.2, 0.25) is 0 Å². The number of hydrogen-bond donors (Lipinski definition) is 3. The molecule has 8 heteroatoms. The molecule has 0 unspecified atom stereocenters. The topological polar surface area (TPSA) is 70.1 Å². The van der Waals surface area contributed by atoms with Gasteiger partial charge in [0, 0.05) is 13.1 Å². The van der Waals surface area contributed by atoms with Crippen LogP contribution < -0.4 is 10.6 Å². The normalized spacial score (nSPS) is 12.3. The van der Waals surface area contributed by atoms with Crippen molar-refractivity contribution in [2.24, 2.45) is 0 Å².